The van der Waals surface area contributed by atoms with Crippen LogP contribution in [0, 0.1) is 5.92 Å². The van der Waals surface area contributed by atoms with Crippen molar-refractivity contribution in [2.75, 3.05) is 25.4 Å². The maximum absolute atomic E-state index is 10.7. The molecule has 14 heavy (non-hydrogen) atoms. The van der Waals surface area contributed by atoms with E-state index in [0.29, 0.717) is 6.42 Å². The predicted octanol–water partition coefficient (Wildman–Crippen LogP) is 1.68. The highest BCUT2D eigenvalue weighted by molar-refractivity contribution is 8.13. The molecule has 84 valence electrons. The van der Waals surface area contributed by atoms with Crippen LogP contribution in [0.1, 0.15) is 26.2 Å². The molecule has 1 rings (SSSR count). The normalized spacial score (nSPS) is 25.1. The third-order valence-corrected chi connectivity index (χ3v) is 3.84. The molecule has 0 radical (unpaired) electrons. The van der Waals surface area contributed by atoms with Crippen molar-refractivity contribution in [1.82, 2.24) is 4.90 Å². The zero-order chi connectivity index (χ0) is 10.6. The van der Waals surface area contributed by atoms with E-state index in [9.17, 15) is 8.42 Å². The van der Waals surface area contributed by atoms with Crippen LogP contribution in [0.3, 0.4) is 0 Å². The summed E-state index contributed by atoms with van der Waals surface area (Å²) >= 11 is 0. The molecule has 1 fully saturated rings. The molecule has 1 atom stereocenters. The summed E-state index contributed by atoms with van der Waals surface area (Å²) in [7, 11) is 1.84. The van der Waals surface area contributed by atoms with E-state index in [1.807, 2.05) is 0 Å². The first kappa shape index (κ1) is 12.3. The van der Waals surface area contributed by atoms with Crippen molar-refractivity contribution in [3.8, 4) is 0 Å². The van der Waals surface area contributed by atoms with Gasteiger partial charge in [0.15, 0.2) is 0 Å². The second-order valence-corrected chi connectivity index (χ2v) is 7.04. The summed E-state index contributed by atoms with van der Waals surface area (Å²) in [5.74, 6) is 0.843. The maximum atomic E-state index is 10.7. The molecule has 5 heteroatoms. The van der Waals surface area contributed by atoms with E-state index in [1.165, 1.54) is 12.8 Å². The highest BCUT2D eigenvalue weighted by Gasteiger charge is 2.16. The van der Waals surface area contributed by atoms with Gasteiger partial charge in [0.1, 0.15) is 0 Å². The lowest BCUT2D eigenvalue weighted by atomic mass is 10.0. The lowest BCUT2D eigenvalue weighted by Crippen LogP contribution is -2.35. The smallest absolute Gasteiger partial charge is 0.232 e. The third-order valence-electron chi connectivity index (χ3n) is 2.60. The Labute approximate surface area is 90.8 Å². The summed E-state index contributed by atoms with van der Waals surface area (Å²) in [6.45, 7) is 5.30. The van der Waals surface area contributed by atoms with E-state index in [-0.39, 0.29) is 5.75 Å². The molecule has 0 aromatic rings. The molecule has 0 N–H and O–H groups in total. The first-order valence-electron chi connectivity index (χ1n) is 5.12. The highest BCUT2D eigenvalue weighted by Crippen LogP contribution is 2.15. The SMILES string of the molecule is CC1CCCN(CCCS(=O)(=O)Cl)C1. The van der Waals surface area contributed by atoms with Gasteiger partial charge in [-0.05, 0) is 38.3 Å². The van der Waals surface area contributed by atoms with Crippen LogP contribution in [0.5, 0.6) is 0 Å². The van der Waals surface area contributed by atoms with Crippen molar-refractivity contribution in [1.29, 1.82) is 0 Å². The van der Waals surface area contributed by atoms with Crippen LogP contribution >= 0.6 is 10.7 Å². The quantitative estimate of drug-likeness (QED) is 0.701. The van der Waals surface area contributed by atoms with E-state index in [0.717, 1.165) is 25.6 Å². The first-order chi connectivity index (χ1) is 6.47. The van der Waals surface area contributed by atoms with Crippen LogP contribution in [0.15, 0.2) is 0 Å². The van der Waals surface area contributed by atoms with Crippen molar-refractivity contribution in [3.63, 3.8) is 0 Å². The van der Waals surface area contributed by atoms with Gasteiger partial charge < -0.3 is 4.90 Å². The summed E-state index contributed by atoms with van der Waals surface area (Å²) in [4.78, 5) is 2.33. The lowest BCUT2D eigenvalue weighted by molar-refractivity contribution is 0.184. The fraction of sp³-hybridized carbons (Fsp3) is 1.00. The molecular formula is C9H18ClNO2S. The topological polar surface area (TPSA) is 37.4 Å². The number of rotatable bonds is 4. The molecule has 1 aliphatic heterocycles. The maximum Gasteiger partial charge on any atom is 0.232 e. The van der Waals surface area contributed by atoms with Crippen LogP contribution in [0.2, 0.25) is 0 Å². The largest absolute Gasteiger partial charge is 0.303 e. The van der Waals surface area contributed by atoms with E-state index in [4.69, 9.17) is 10.7 Å². The number of piperidine rings is 1. The Morgan fingerprint density at radius 3 is 2.79 bits per heavy atom. The first-order valence-corrected chi connectivity index (χ1v) is 7.60. The minimum atomic E-state index is -3.29. The summed E-state index contributed by atoms with van der Waals surface area (Å²) < 4.78 is 21.4. The van der Waals surface area contributed by atoms with Crippen molar-refractivity contribution < 1.29 is 8.42 Å². The molecule has 0 spiro atoms. The minimum Gasteiger partial charge on any atom is -0.303 e. The Hall–Kier alpha value is 0.200. The van der Waals surface area contributed by atoms with Crippen molar-refractivity contribution >= 4 is 19.7 Å². The van der Waals surface area contributed by atoms with Crippen molar-refractivity contribution in [2.24, 2.45) is 5.92 Å². The Morgan fingerprint density at radius 2 is 2.21 bits per heavy atom. The zero-order valence-corrected chi connectivity index (χ0v) is 10.1. The lowest BCUT2D eigenvalue weighted by Gasteiger charge is -2.30. The molecule has 1 unspecified atom stereocenters. The second-order valence-electron chi connectivity index (χ2n) is 4.14. The molecule has 0 aromatic carbocycles. The number of hydrogen-bond donors (Lipinski definition) is 0. The zero-order valence-electron chi connectivity index (χ0n) is 8.58. The van der Waals surface area contributed by atoms with Crippen LogP contribution in [0.4, 0.5) is 0 Å². The van der Waals surface area contributed by atoms with Gasteiger partial charge in [-0.15, -0.1) is 0 Å². The standard InChI is InChI=1S/C9H18ClNO2S/c1-9-4-2-5-11(8-9)6-3-7-14(10,12)13/h9H,2-8H2,1H3. The van der Waals surface area contributed by atoms with E-state index in [1.54, 1.807) is 0 Å². The summed E-state index contributed by atoms with van der Waals surface area (Å²) in [6, 6.07) is 0. The van der Waals surface area contributed by atoms with Gasteiger partial charge in [-0.3, -0.25) is 0 Å². The summed E-state index contributed by atoms with van der Waals surface area (Å²) in [6.07, 6.45) is 3.18. The Balaban J connectivity index is 2.18. The summed E-state index contributed by atoms with van der Waals surface area (Å²) in [5, 5.41) is 0. The Kier molecular flexibility index (Phi) is 4.67. The monoisotopic (exact) mass is 239 g/mol. The molecular weight excluding hydrogens is 222 g/mol. The van der Waals surface area contributed by atoms with Crippen LogP contribution in [-0.4, -0.2) is 38.7 Å². The highest BCUT2D eigenvalue weighted by atomic mass is 35.7. The average Bonchev–Trinajstić information content (AvgIpc) is 2.01. The molecule has 1 heterocycles. The number of hydrogen-bond acceptors (Lipinski definition) is 3. The molecule has 1 aliphatic rings. The summed E-state index contributed by atoms with van der Waals surface area (Å²) in [5.41, 5.74) is 0. The fourth-order valence-electron chi connectivity index (χ4n) is 1.95. The molecule has 0 bridgehead atoms. The molecule has 0 amide bonds. The van der Waals surface area contributed by atoms with Crippen molar-refractivity contribution in [2.45, 2.75) is 26.2 Å². The molecule has 0 aromatic heterocycles. The number of nitrogens with zero attached hydrogens (tertiary/aromatic N) is 1. The van der Waals surface area contributed by atoms with E-state index >= 15 is 0 Å². The second kappa shape index (κ2) is 5.33. The van der Waals surface area contributed by atoms with E-state index in [2.05, 4.69) is 11.8 Å². The van der Waals surface area contributed by atoms with Crippen LogP contribution in [-0.2, 0) is 9.05 Å². The van der Waals surface area contributed by atoms with Gasteiger partial charge in [-0.1, -0.05) is 6.92 Å². The predicted molar refractivity (Wildman–Crippen MR) is 59.1 cm³/mol. The molecule has 0 saturated carbocycles. The Bertz CT molecular complexity index is 266. The Morgan fingerprint density at radius 1 is 1.50 bits per heavy atom. The fourth-order valence-corrected chi connectivity index (χ4v) is 2.75. The van der Waals surface area contributed by atoms with Crippen molar-refractivity contribution in [3.05, 3.63) is 0 Å². The van der Waals surface area contributed by atoms with Gasteiger partial charge in [0, 0.05) is 17.2 Å². The molecule has 3 nitrogen and oxygen atoms in total. The van der Waals surface area contributed by atoms with Gasteiger partial charge >= 0.3 is 0 Å². The number of halogens is 1. The third kappa shape index (κ3) is 5.17. The van der Waals surface area contributed by atoms with Gasteiger partial charge in [0.25, 0.3) is 0 Å². The molecule has 0 aliphatic carbocycles. The van der Waals surface area contributed by atoms with Crippen LogP contribution in [0.25, 0.3) is 0 Å². The van der Waals surface area contributed by atoms with Gasteiger partial charge in [0.05, 0.1) is 5.75 Å². The minimum absolute atomic E-state index is 0.0967. The molecule has 1 saturated heterocycles. The van der Waals surface area contributed by atoms with E-state index < -0.39 is 9.05 Å². The van der Waals surface area contributed by atoms with Gasteiger partial charge in [-0.25, -0.2) is 8.42 Å². The van der Waals surface area contributed by atoms with Gasteiger partial charge in [-0.2, -0.15) is 0 Å². The number of likely N-dealkylation sites (tertiary alicyclic amines) is 1. The van der Waals surface area contributed by atoms with Crippen LogP contribution < -0.4 is 0 Å². The van der Waals surface area contributed by atoms with Gasteiger partial charge in [0.2, 0.25) is 9.05 Å². The average molecular weight is 240 g/mol.